The van der Waals surface area contributed by atoms with Crippen LogP contribution in [0.15, 0.2) is 0 Å². The maximum Gasteiger partial charge on any atom is 0.226 e. The van der Waals surface area contributed by atoms with Crippen LogP contribution in [0.1, 0.15) is 58.3 Å². The lowest BCUT2D eigenvalue weighted by Crippen LogP contribution is -2.56. The third-order valence-electron chi connectivity index (χ3n) is 6.40. The molecular weight excluding hydrogens is 250 g/mol. The van der Waals surface area contributed by atoms with Crippen LogP contribution in [0.5, 0.6) is 0 Å². The van der Waals surface area contributed by atoms with Gasteiger partial charge in [0.2, 0.25) is 5.91 Å². The molecule has 1 N–H and O–H groups in total. The molecule has 0 unspecified atom stereocenters. The molecule has 5 rings (SSSR count). The summed E-state index contributed by atoms with van der Waals surface area (Å²) >= 11 is 0. The topological polar surface area (TPSA) is 38.3 Å². The molecule has 0 aromatic carbocycles. The van der Waals surface area contributed by atoms with E-state index in [9.17, 15) is 4.79 Å². The Morgan fingerprint density at radius 3 is 2.25 bits per heavy atom. The molecular formula is C17H27NO2. The maximum absolute atomic E-state index is 12.9. The summed E-state index contributed by atoms with van der Waals surface area (Å²) in [6.07, 6.45) is 10.1. The van der Waals surface area contributed by atoms with Gasteiger partial charge in [-0.15, -0.1) is 0 Å². The number of carbonyl (C=O) groups excluding carboxylic acids is 1. The molecule has 112 valence electrons. The van der Waals surface area contributed by atoms with Gasteiger partial charge in [0, 0.05) is 12.0 Å². The van der Waals surface area contributed by atoms with Gasteiger partial charge < -0.3 is 10.1 Å². The highest BCUT2D eigenvalue weighted by molar-refractivity contribution is 5.83. The minimum Gasteiger partial charge on any atom is -0.376 e. The van der Waals surface area contributed by atoms with E-state index in [1.807, 2.05) is 0 Å². The van der Waals surface area contributed by atoms with E-state index in [1.165, 1.54) is 19.3 Å². The number of hydrogen-bond acceptors (Lipinski definition) is 2. The molecule has 1 amide bonds. The van der Waals surface area contributed by atoms with Crippen molar-refractivity contribution >= 4 is 5.91 Å². The molecule has 5 aliphatic rings. The Kier molecular flexibility index (Phi) is 3.10. The molecule has 0 spiro atoms. The van der Waals surface area contributed by atoms with E-state index in [1.54, 1.807) is 0 Å². The van der Waals surface area contributed by atoms with Crippen molar-refractivity contribution in [3.8, 4) is 0 Å². The van der Waals surface area contributed by atoms with Crippen molar-refractivity contribution < 1.29 is 9.53 Å². The van der Waals surface area contributed by atoms with Crippen LogP contribution in [0.4, 0.5) is 0 Å². The van der Waals surface area contributed by atoms with E-state index in [0.29, 0.717) is 5.91 Å². The molecule has 3 heteroatoms. The fraction of sp³-hybridized carbons (Fsp3) is 0.941. The van der Waals surface area contributed by atoms with Crippen molar-refractivity contribution in [1.29, 1.82) is 0 Å². The van der Waals surface area contributed by atoms with Gasteiger partial charge in [-0.25, -0.2) is 0 Å². The third-order valence-corrected chi connectivity index (χ3v) is 6.40. The van der Waals surface area contributed by atoms with E-state index in [2.05, 4.69) is 12.2 Å². The fourth-order valence-corrected chi connectivity index (χ4v) is 5.84. The smallest absolute Gasteiger partial charge is 0.226 e. The number of rotatable bonds is 3. The zero-order valence-corrected chi connectivity index (χ0v) is 12.6. The van der Waals surface area contributed by atoms with Crippen LogP contribution in [0, 0.1) is 23.2 Å². The molecule has 5 fully saturated rings. The highest BCUT2D eigenvalue weighted by Gasteiger charge is 2.54. The molecule has 4 aliphatic carbocycles. The predicted octanol–water partition coefficient (Wildman–Crippen LogP) is 2.89. The van der Waals surface area contributed by atoms with Gasteiger partial charge in [-0.1, -0.05) is 0 Å². The van der Waals surface area contributed by atoms with E-state index in [0.717, 1.165) is 56.5 Å². The van der Waals surface area contributed by atoms with Crippen LogP contribution in [-0.4, -0.2) is 24.7 Å². The van der Waals surface area contributed by atoms with Gasteiger partial charge in [-0.05, 0) is 76.0 Å². The summed E-state index contributed by atoms with van der Waals surface area (Å²) in [7, 11) is 0. The largest absolute Gasteiger partial charge is 0.376 e. The predicted molar refractivity (Wildman–Crippen MR) is 77.2 cm³/mol. The quantitative estimate of drug-likeness (QED) is 0.861. The monoisotopic (exact) mass is 277 g/mol. The van der Waals surface area contributed by atoms with E-state index in [4.69, 9.17) is 4.74 Å². The zero-order chi connectivity index (χ0) is 13.7. The number of amides is 1. The Balaban J connectivity index is 1.45. The molecule has 1 aliphatic heterocycles. The first-order valence-electron chi connectivity index (χ1n) is 8.57. The maximum atomic E-state index is 12.9. The molecule has 0 radical (unpaired) electrons. The first-order chi connectivity index (χ1) is 9.64. The Morgan fingerprint density at radius 1 is 1.15 bits per heavy atom. The molecule has 1 saturated heterocycles. The number of nitrogens with one attached hydrogen (secondary N) is 1. The molecule has 3 nitrogen and oxygen atoms in total. The van der Waals surface area contributed by atoms with E-state index < -0.39 is 0 Å². The van der Waals surface area contributed by atoms with Crippen LogP contribution in [-0.2, 0) is 9.53 Å². The molecule has 4 bridgehead atoms. The standard InChI is InChI=1S/C17H27NO2/c1-11(15-3-2-4-20-15)18-16(19)17-8-12-5-13(9-17)7-14(6-12)10-17/h11-15H,2-10H2,1H3,(H,18,19)/t11-,12?,13?,14?,15+,17?/m0/s1. The summed E-state index contributed by atoms with van der Waals surface area (Å²) < 4.78 is 5.72. The second-order valence-electron chi connectivity index (χ2n) is 8.01. The molecule has 20 heavy (non-hydrogen) atoms. The first-order valence-corrected chi connectivity index (χ1v) is 8.57. The Labute approximate surface area is 121 Å². The van der Waals surface area contributed by atoms with Crippen molar-refractivity contribution in [1.82, 2.24) is 5.32 Å². The highest BCUT2D eigenvalue weighted by atomic mass is 16.5. The lowest BCUT2D eigenvalue weighted by Gasteiger charge is -2.55. The van der Waals surface area contributed by atoms with Crippen molar-refractivity contribution in [2.45, 2.75) is 70.4 Å². The Bertz CT molecular complexity index is 365. The average Bonchev–Trinajstić information content (AvgIpc) is 2.90. The van der Waals surface area contributed by atoms with Crippen LogP contribution in [0.25, 0.3) is 0 Å². The SMILES string of the molecule is C[C@H](NC(=O)C12CC3CC(CC(C3)C1)C2)[C@H]1CCCO1. The van der Waals surface area contributed by atoms with Gasteiger partial charge in [-0.3, -0.25) is 4.79 Å². The lowest BCUT2D eigenvalue weighted by molar-refractivity contribution is -0.147. The molecule has 2 atom stereocenters. The van der Waals surface area contributed by atoms with Crippen LogP contribution < -0.4 is 5.32 Å². The third kappa shape index (κ3) is 2.09. The second kappa shape index (κ2) is 4.72. The normalized spacial score (nSPS) is 47.5. The summed E-state index contributed by atoms with van der Waals surface area (Å²) in [4.78, 5) is 12.9. The van der Waals surface area contributed by atoms with Gasteiger partial charge in [0.15, 0.2) is 0 Å². The minimum absolute atomic E-state index is 0.0123. The summed E-state index contributed by atoms with van der Waals surface area (Å²) in [6.45, 7) is 2.98. The lowest BCUT2D eigenvalue weighted by atomic mass is 9.49. The van der Waals surface area contributed by atoms with E-state index >= 15 is 0 Å². The Morgan fingerprint density at radius 2 is 1.75 bits per heavy atom. The van der Waals surface area contributed by atoms with Gasteiger partial charge >= 0.3 is 0 Å². The molecule has 4 saturated carbocycles. The first kappa shape index (κ1) is 13.1. The van der Waals surface area contributed by atoms with Crippen LogP contribution in [0.3, 0.4) is 0 Å². The van der Waals surface area contributed by atoms with Crippen molar-refractivity contribution in [2.75, 3.05) is 6.61 Å². The van der Waals surface area contributed by atoms with Gasteiger partial charge in [0.1, 0.15) is 0 Å². The minimum atomic E-state index is -0.0123. The fourth-order valence-electron chi connectivity index (χ4n) is 5.84. The van der Waals surface area contributed by atoms with E-state index in [-0.39, 0.29) is 17.6 Å². The van der Waals surface area contributed by atoms with Crippen LogP contribution >= 0.6 is 0 Å². The summed E-state index contributed by atoms with van der Waals surface area (Å²) in [5.41, 5.74) is -0.0123. The Hall–Kier alpha value is -0.570. The summed E-state index contributed by atoms with van der Waals surface area (Å²) in [6, 6.07) is 0.179. The molecule has 0 aromatic heterocycles. The molecule has 1 heterocycles. The second-order valence-corrected chi connectivity index (χ2v) is 8.01. The van der Waals surface area contributed by atoms with Crippen LogP contribution in [0.2, 0.25) is 0 Å². The molecule has 0 aromatic rings. The van der Waals surface area contributed by atoms with Crippen molar-refractivity contribution in [3.05, 3.63) is 0 Å². The van der Waals surface area contributed by atoms with Gasteiger partial charge in [0.05, 0.1) is 12.1 Å². The average molecular weight is 277 g/mol. The van der Waals surface area contributed by atoms with Gasteiger partial charge in [-0.2, -0.15) is 0 Å². The summed E-state index contributed by atoms with van der Waals surface area (Å²) in [5.74, 6) is 2.86. The zero-order valence-electron chi connectivity index (χ0n) is 12.6. The van der Waals surface area contributed by atoms with Crippen molar-refractivity contribution in [3.63, 3.8) is 0 Å². The number of ether oxygens (including phenoxy) is 1. The highest BCUT2D eigenvalue weighted by Crippen LogP contribution is 2.60. The van der Waals surface area contributed by atoms with Crippen molar-refractivity contribution in [2.24, 2.45) is 23.2 Å². The summed E-state index contributed by atoms with van der Waals surface area (Å²) in [5, 5.41) is 3.31. The number of carbonyl (C=O) groups is 1. The number of hydrogen-bond donors (Lipinski definition) is 1. The van der Waals surface area contributed by atoms with Gasteiger partial charge in [0.25, 0.3) is 0 Å².